The fourth-order valence-electron chi connectivity index (χ4n) is 0.414. The molecule has 0 atom stereocenters. The average molecular weight is 126 g/mol. The molecule has 0 aromatic carbocycles. The molecule has 0 N–H and O–H groups in total. The Kier molecular flexibility index (Phi) is 2.85. The fourth-order valence-corrected chi connectivity index (χ4v) is 0.414. The summed E-state index contributed by atoms with van der Waals surface area (Å²) in [5.74, 6) is -0.0856. The number of hydrogen-bond acceptors (Lipinski definition) is 1. The maximum Gasteiger partial charge on any atom is 0.413 e. The van der Waals surface area contributed by atoms with Gasteiger partial charge in [0.15, 0.2) is 0 Å². The van der Waals surface area contributed by atoms with E-state index in [1.807, 2.05) is 6.92 Å². The molecule has 0 heterocycles. The molecule has 0 aromatic heterocycles. The quantitative estimate of drug-likeness (QED) is 0.305. The largest absolute Gasteiger partial charge is 0.413 e. The minimum atomic E-state index is -0.0856. The van der Waals surface area contributed by atoms with Crippen molar-refractivity contribution < 1.29 is 9.37 Å². The minimum absolute atomic E-state index is 0.0856. The summed E-state index contributed by atoms with van der Waals surface area (Å²) < 4.78 is 1.38. The lowest BCUT2D eigenvalue weighted by Gasteiger charge is -1.91. The van der Waals surface area contributed by atoms with Crippen molar-refractivity contribution in [3.63, 3.8) is 0 Å². The van der Waals surface area contributed by atoms with Crippen LogP contribution in [0.5, 0.6) is 0 Å². The van der Waals surface area contributed by atoms with E-state index < -0.39 is 0 Å². The van der Waals surface area contributed by atoms with Gasteiger partial charge in [-0.25, -0.2) is 4.79 Å². The smallest absolute Gasteiger partial charge is 0.215 e. The zero-order valence-corrected chi connectivity index (χ0v) is 5.98. The monoisotopic (exact) mass is 126 g/mol. The van der Waals surface area contributed by atoms with Crippen LogP contribution in [-0.4, -0.2) is 23.7 Å². The van der Waals surface area contributed by atoms with Gasteiger partial charge in [-0.05, 0) is 13.8 Å². The Morgan fingerprint density at radius 3 is 2.22 bits per heavy atom. The Hall–Kier alpha value is -0.920. The van der Waals surface area contributed by atoms with Crippen LogP contribution in [0.2, 0.25) is 0 Å². The van der Waals surface area contributed by atoms with Crippen LogP contribution in [0.25, 0.3) is 0 Å². The van der Waals surface area contributed by atoms with E-state index in [1.165, 1.54) is 4.58 Å². The molecule has 0 saturated carbocycles. The molecule has 50 valence electrons. The van der Waals surface area contributed by atoms with Crippen molar-refractivity contribution in [1.29, 1.82) is 0 Å². The van der Waals surface area contributed by atoms with Gasteiger partial charge >= 0.3 is 5.91 Å². The van der Waals surface area contributed by atoms with E-state index in [0.29, 0.717) is 12.1 Å². The first-order valence-electron chi connectivity index (χ1n) is 2.87. The van der Waals surface area contributed by atoms with Gasteiger partial charge in [-0.3, -0.25) is 0 Å². The highest BCUT2D eigenvalue weighted by molar-refractivity contribution is 5.86. The Balaban J connectivity index is 4.05. The zero-order valence-electron chi connectivity index (χ0n) is 5.98. The molecule has 1 amide bonds. The zero-order chi connectivity index (χ0) is 7.44. The van der Waals surface area contributed by atoms with E-state index in [4.69, 9.17) is 0 Å². The Morgan fingerprint density at radius 1 is 1.67 bits per heavy atom. The third kappa shape index (κ3) is 2.22. The van der Waals surface area contributed by atoms with Gasteiger partial charge in [0.25, 0.3) is 0 Å². The third-order valence-corrected chi connectivity index (χ3v) is 1.03. The molecule has 0 bridgehead atoms. The molecular formula is C7H12NO+. The molecule has 0 aliphatic rings. The van der Waals surface area contributed by atoms with Crippen LogP contribution in [0.1, 0.15) is 13.8 Å². The number of hydrogen-bond donors (Lipinski definition) is 0. The summed E-state index contributed by atoms with van der Waals surface area (Å²) in [7, 11) is 0. The van der Waals surface area contributed by atoms with Crippen LogP contribution in [0.3, 0.4) is 0 Å². The molecular weight excluding hydrogens is 114 g/mol. The van der Waals surface area contributed by atoms with Gasteiger partial charge < -0.3 is 0 Å². The maximum absolute atomic E-state index is 10.8. The van der Waals surface area contributed by atoms with Crippen molar-refractivity contribution in [2.24, 2.45) is 0 Å². The average Bonchev–Trinajstić information content (AvgIpc) is 1.84. The number of rotatable bonds is 2. The van der Waals surface area contributed by atoms with E-state index in [-0.39, 0.29) is 5.91 Å². The highest BCUT2D eigenvalue weighted by Gasteiger charge is 2.11. The maximum atomic E-state index is 10.8. The summed E-state index contributed by atoms with van der Waals surface area (Å²) in [6.07, 6.45) is 0. The Labute approximate surface area is 55.5 Å². The lowest BCUT2D eigenvalue weighted by atomic mass is 10.3. The lowest BCUT2D eigenvalue weighted by Crippen LogP contribution is -2.18. The van der Waals surface area contributed by atoms with Crippen LogP contribution in [0.4, 0.5) is 0 Å². The van der Waals surface area contributed by atoms with E-state index in [9.17, 15) is 4.79 Å². The number of carbonyl (C=O) groups is 1. The van der Waals surface area contributed by atoms with Crippen molar-refractivity contribution in [3.05, 3.63) is 12.2 Å². The van der Waals surface area contributed by atoms with E-state index in [2.05, 4.69) is 13.3 Å². The molecule has 0 spiro atoms. The van der Waals surface area contributed by atoms with E-state index in [0.717, 1.165) is 0 Å². The van der Waals surface area contributed by atoms with Gasteiger partial charge in [0.2, 0.25) is 0 Å². The van der Waals surface area contributed by atoms with Crippen molar-refractivity contribution >= 4 is 12.6 Å². The normalized spacial score (nSPS) is 8.67. The molecule has 0 radical (unpaired) electrons. The van der Waals surface area contributed by atoms with Crippen LogP contribution < -0.4 is 0 Å². The number of carbonyl (C=O) groups excluding carboxylic acids is 1. The minimum Gasteiger partial charge on any atom is -0.215 e. The second-order valence-electron chi connectivity index (χ2n) is 1.94. The van der Waals surface area contributed by atoms with Gasteiger partial charge in [-0.15, -0.1) is 0 Å². The molecule has 9 heavy (non-hydrogen) atoms. The summed E-state index contributed by atoms with van der Waals surface area (Å²) in [6.45, 7) is 11.2. The summed E-state index contributed by atoms with van der Waals surface area (Å²) in [5.41, 5.74) is 0.534. The summed E-state index contributed by atoms with van der Waals surface area (Å²) in [5, 5.41) is 0. The predicted molar refractivity (Wildman–Crippen MR) is 37.7 cm³/mol. The standard InChI is InChI=1S/C7H12NO/c1-5-8(4)7(9)6(2)3/h2,4-5H2,1,3H3/q+1. The third-order valence-electron chi connectivity index (χ3n) is 1.03. The Morgan fingerprint density at radius 2 is 2.11 bits per heavy atom. The highest BCUT2D eigenvalue weighted by Crippen LogP contribution is 1.89. The molecule has 2 heteroatoms. The van der Waals surface area contributed by atoms with E-state index in [1.54, 1.807) is 6.92 Å². The van der Waals surface area contributed by atoms with Gasteiger partial charge in [-0.1, -0.05) is 6.58 Å². The summed E-state index contributed by atoms with van der Waals surface area (Å²) in [6, 6.07) is 0. The highest BCUT2D eigenvalue weighted by atomic mass is 16.2. The van der Waals surface area contributed by atoms with Crippen LogP contribution >= 0.6 is 0 Å². The molecule has 0 aliphatic heterocycles. The van der Waals surface area contributed by atoms with Crippen molar-refractivity contribution in [3.8, 4) is 0 Å². The summed E-state index contributed by atoms with van der Waals surface area (Å²) in [4.78, 5) is 10.8. The molecule has 0 unspecified atom stereocenters. The van der Waals surface area contributed by atoms with Gasteiger partial charge in [0.05, 0.1) is 5.57 Å². The SMILES string of the molecule is C=C(C)C(=O)[N+](=C)CC. The first-order chi connectivity index (χ1) is 4.09. The molecule has 0 fully saturated rings. The van der Waals surface area contributed by atoms with Crippen molar-refractivity contribution in [2.75, 3.05) is 6.54 Å². The fraction of sp³-hybridized carbons (Fsp3) is 0.429. The van der Waals surface area contributed by atoms with Crippen LogP contribution in [0, 0.1) is 0 Å². The molecule has 0 aliphatic carbocycles. The van der Waals surface area contributed by atoms with Gasteiger partial charge in [0.1, 0.15) is 13.3 Å². The van der Waals surface area contributed by atoms with Gasteiger partial charge in [0, 0.05) is 0 Å². The van der Waals surface area contributed by atoms with Crippen LogP contribution in [-0.2, 0) is 4.79 Å². The second kappa shape index (κ2) is 3.17. The number of nitrogens with zero attached hydrogens (tertiary/aromatic N) is 1. The molecule has 0 saturated heterocycles. The Bertz CT molecular complexity index is 158. The van der Waals surface area contributed by atoms with Gasteiger partial charge in [-0.2, -0.15) is 4.58 Å². The first-order valence-corrected chi connectivity index (χ1v) is 2.87. The molecule has 2 nitrogen and oxygen atoms in total. The van der Waals surface area contributed by atoms with Crippen molar-refractivity contribution in [1.82, 2.24) is 0 Å². The number of amides is 1. The first kappa shape index (κ1) is 8.08. The number of likely N-dealkylation sites (N-methyl/N-ethyl adjacent to an activating group) is 1. The second-order valence-corrected chi connectivity index (χ2v) is 1.94. The molecule has 0 rings (SSSR count). The van der Waals surface area contributed by atoms with Crippen molar-refractivity contribution in [2.45, 2.75) is 13.8 Å². The van der Waals surface area contributed by atoms with Crippen LogP contribution in [0.15, 0.2) is 12.2 Å². The topological polar surface area (TPSA) is 20.1 Å². The summed E-state index contributed by atoms with van der Waals surface area (Å²) >= 11 is 0. The predicted octanol–water partition coefficient (Wildman–Crippen LogP) is 0.822. The molecule has 0 aromatic rings. The van der Waals surface area contributed by atoms with E-state index >= 15 is 0 Å². The lowest BCUT2D eigenvalue weighted by molar-refractivity contribution is -0.432.